The van der Waals surface area contributed by atoms with E-state index in [1.54, 1.807) is 31.8 Å². The van der Waals surface area contributed by atoms with Crippen LogP contribution in [0, 0.1) is 12.7 Å². The minimum Gasteiger partial charge on any atom is -0.334 e. The molecule has 4 heterocycles. The topological polar surface area (TPSA) is 90.8 Å². The van der Waals surface area contributed by atoms with E-state index >= 15 is 4.39 Å². The number of carbonyl (C=O) groups excluding carboxylic acids is 1. The molecule has 14 heteroatoms. The monoisotopic (exact) mass is 685 g/mol. The predicted molar refractivity (Wildman–Crippen MR) is 162 cm³/mol. The van der Waals surface area contributed by atoms with Gasteiger partial charge in [0.15, 0.2) is 0 Å². The predicted octanol–water partition coefficient (Wildman–Crippen LogP) is 6.24. The fourth-order valence-corrected chi connectivity index (χ4v) is 6.08. The van der Waals surface area contributed by atoms with Crippen molar-refractivity contribution >= 4 is 32.9 Å². The number of halogens is 5. The van der Waals surface area contributed by atoms with Gasteiger partial charge < -0.3 is 9.47 Å². The number of aryl methyl sites for hydroxylation is 2. The molecule has 3 aromatic heterocycles. The Morgan fingerprint density at radius 1 is 1.13 bits per heavy atom. The first-order valence-corrected chi connectivity index (χ1v) is 15.0. The van der Waals surface area contributed by atoms with Gasteiger partial charge in [-0.15, -0.1) is 0 Å². The lowest BCUT2D eigenvalue weighted by molar-refractivity contribution is -0.138. The van der Waals surface area contributed by atoms with Crippen LogP contribution >= 0.6 is 15.9 Å². The Bertz CT molecular complexity index is 2060. The van der Waals surface area contributed by atoms with Gasteiger partial charge in [-0.05, 0) is 56.5 Å². The maximum Gasteiger partial charge on any atom is 0.417 e. The molecule has 1 aliphatic heterocycles. The van der Waals surface area contributed by atoms with Crippen LogP contribution < -0.4 is 5.56 Å². The molecule has 0 saturated carbocycles. The van der Waals surface area contributed by atoms with Gasteiger partial charge in [-0.25, -0.2) is 23.6 Å². The highest BCUT2D eigenvalue weighted by molar-refractivity contribution is 9.10. The number of amides is 1. The molecule has 0 radical (unpaired) electrons. The molecule has 45 heavy (non-hydrogen) atoms. The van der Waals surface area contributed by atoms with E-state index < -0.39 is 35.1 Å². The number of aromatic nitrogens is 6. The van der Waals surface area contributed by atoms with Crippen LogP contribution in [-0.4, -0.2) is 45.7 Å². The minimum absolute atomic E-state index is 0.0160. The second-order valence-electron chi connectivity index (χ2n) is 11.6. The van der Waals surface area contributed by atoms with Crippen molar-refractivity contribution in [2.24, 2.45) is 7.05 Å². The second-order valence-corrected chi connectivity index (χ2v) is 12.4. The number of benzene rings is 2. The molecule has 5 aromatic rings. The van der Waals surface area contributed by atoms with E-state index in [0.29, 0.717) is 16.7 Å². The molecule has 0 saturated heterocycles. The highest BCUT2D eigenvalue weighted by Crippen LogP contribution is 2.36. The lowest BCUT2D eigenvalue weighted by Gasteiger charge is -2.34. The highest BCUT2D eigenvalue weighted by Gasteiger charge is 2.36. The largest absolute Gasteiger partial charge is 0.417 e. The van der Waals surface area contributed by atoms with Crippen LogP contribution in [0.25, 0.3) is 22.7 Å². The fourth-order valence-electron chi connectivity index (χ4n) is 5.61. The average molecular weight is 687 g/mol. The van der Waals surface area contributed by atoms with Crippen LogP contribution in [0.15, 0.2) is 52.0 Å². The van der Waals surface area contributed by atoms with Crippen molar-refractivity contribution in [3.8, 4) is 11.6 Å². The van der Waals surface area contributed by atoms with Crippen molar-refractivity contribution in [1.82, 2.24) is 33.8 Å². The number of alkyl halides is 3. The molecule has 0 fully saturated rings. The Morgan fingerprint density at radius 2 is 1.87 bits per heavy atom. The molecule has 6 rings (SSSR count). The Morgan fingerprint density at radius 3 is 2.53 bits per heavy atom. The SMILES string of the molecule is Cc1cc(C(C)C)nn1-c1nc2c(c(=O)n1-c1cc3ncn(C)c3cc1F)C[C@@H](C)N(C(=O)c1ccc(Br)c(C(F)(F)F)c1)C2. The van der Waals surface area contributed by atoms with Gasteiger partial charge >= 0.3 is 6.18 Å². The molecule has 0 aliphatic carbocycles. The van der Waals surface area contributed by atoms with E-state index in [1.165, 1.54) is 38.4 Å². The normalized spacial score (nSPS) is 15.3. The third-order valence-corrected chi connectivity index (χ3v) is 8.79. The van der Waals surface area contributed by atoms with E-state index in [9.17, 15) is 22.8 Å². The zero-order valence-corrected chi connectivity index (χ0v) is 26.5. The summed E-state index contributed by atoms with van der Waals surface area (Å²) in [6, 6.07) is 7.38. The number of nitrogens with zero attached hydrogens (tertiary/aromatic N) is 7. The molecule has 2 aromatic carbocycles. The van der Waals surface area contributed by atoms with Crippen molar-refractivity contribution in [3.05, 3.63) is 97.1 Å². The molecule has 1 atom stereocenters. The van der Waals surface area contributed by atoms with Crippen LogP contribution in [0.5, 0.6) is 0 Å². The van der Waals surface area contributed by atoms with Crippen LogP contribution in [0.2, 0.25) is 0 Å². The number of hydrogen-bond acceptors (Lipinski definition) is 5. The number of fused-ring (bicyclic) bond motifs is 2. The Hall–Kier alpha value is -4.33. The third kappa shape index (κ3) is 5.24. The van der Waals surface area contributed by atoms with Gasteiger partial charge in [-0.2, -0.15) is 18.3 Å². The summed E-state index contributed by atoms with van der Waals surface area (Å²) in [5.74, 6) is -1.24. The van der Waals surface area contributed by atoms with Crippen molar-refractivity contribution < 1.29 is 22.4 Å². The summed E-state index contributed by atoms with van der Waals surface area (Å²) in [4.78, 5) is 38.4. The van der Waals surface area contributed by atoms with Crippen molar-refractivity contribution in [3.63, 3.8) is 0 Å². The van der Waals surface area contributed by atoms with Gasteiger partial charge in [0.25, 0.3) is 11.5 Å². The molecule has 0 bridgehead atoms. The molecule has 0 N–H and O–H groups in total. The summed E-state index contributed by atoms with van der Waals surface area (Å²) in [7, 11) is 1.74. The van der Waals surface area contributed by atoms with Crippen molar-refractivity contribution in [1.29, 1.82) is 0 Å². The van der Waals surface area contributed by atoms with Crippen LogP contribution in [0.1, 0.15) is 65.3 Å². The van der Waals surface area contributed by atoms with E-state index in [-0.39, 0.29) is 51.8 Å². The lowest BCUT2D eigenvalue weighted by Crippen LogP contribution is -2.46. The summed E-state index contributed by atoms with van der Waals surface area (Å²) in [6.07, 6.45) is -3.06. The maximum atomic E-state index is 15.8. The van der Waals surface area contributed by atoms with Gasteiger partial charge in [0.2, 0.25) is 5.95 Å². The van der Waals surface area contributed by atoms with E-state index in [2.05, 4.69) is 26.0 Å². The molecular formula is C31H28BrF4N7O2. The zero-order chi connectivity index (χ0) is 32.5. The first kappa shape index (κ1) is 30.7. The van der Waals surface area contributed by atoms with E-state index in [0.717, 1.165) is 11.8 Å². The molecule has 0 unspecified atom stereocenters. The van der Waals surface area contributed by atoms with Gasteiger partial charge in [0.05, 0.1) is 46.5 Å². The Kier molecular flexibility index (Phi) is 7.45. The molecule has 9 nitrogen and oxygen atoms in total. The van der Waals surface area contributed by atoms with Crippen molar-refractivity contribution in [2.45, 2.75) is 58.8 Å². The van der Waals surface area contributed by atoms with Crippen LogP contribution in [-0.2, 0) is 26.2 Å². The van der Waals surface area contributed by atoms with Crippen molar-refractivity contribution in [2.75, 3.05) is 0 Å². The summed E-state index contributed by atoms with van der Waals surface area (Å²) in [5.41, 5.74) is 1.21. The molecule has 1 amide bonds. The summed E-state index contributed by atoms with van der Waals surface area (Å²) in [5, 5.41) is 4.67. The number of rotatable bonds is 4. The third-order valence-electron chi connectivity index (χ3n) is 8.10. The zero-order valence-electron chi connectivity index (χ0n) is 24.9. The first-order chi connectivity index (χ1) is 21.1. The molecule has 234 valence electrons. The maximum absolute atomic E-state index is 15.8. The number of carbonyl (C=O) groups is 1. The quantitative estimate of drug-likeness (QED) is 0.209. The Balaban J connectivity index is 1.52. The van der Waals surface area contributed by atoms with Crippen LogP contribution in [0.4, 0.5) is 17.6 Å². The first-order valence-electron chi connectivity index (χ1n) is 14.2. The smallest absolute Gasteiger partial charge is 0.334 e. The molecule has 0 spiro atoms. The Labute approximate surface area is 263 Å². The number of hydrogen-bond donors (Lipinski definition) is 0. The summed E-state index contributed by atoms with van der Waals surface area (Å²) < 4.78 is 60.7. The summed E-state index contributed by atoms with van der Waals surface area (Å²) in [6.45, 7) is 7.28. The highest BCUT2D eigenvalue weighted by atomic mass is 79.9. The number of imidazole rings is 1. The summed E-state index contributed by atoms with van der Waals surface area (Å²) >= 11 is 2.91. The minimum atomic E-state index is -4.67. The standard InChI is InChI=1S/C31H28BrF4N7O2/c1-15(2)23-9-17(4)43(39-23)30-38-25-13-41(28(44)18-6-7-21(32)20(10-18)31(34,35)36)16(3)8-19(25)29(45)42(30)26-12-24-27(11-22(26)33)40(5)14-37-24/h6-7,9-12,14-16H,8,13H2,1-5H3/t16-/m1/s1. The van der Waals surface area contributed by atoms with Gasteiger partial charge in [-0.1, -0.05) is 29.8 Å². The lowest BCUT2D eigenvalue weighted by atomic mass is 9.98. The fraction of sp³-hybridized carbons (Fsp3) is 0.323. The van der Waals surface area contributed by atoms with E-state index in [1.807, 2.05) is 19.9 Å². The van der Waals surface area contributed by atoms with E-state index in [4.69, 9.17) is 4.98 Å². The second kappa shape index (κ2) is 10.9. The van der Waals surface area contributed by atoms with Gasteiger partial charge in [0, 0.05) is 40.4 Å². The molecule has 1 aliphatic rings. The van der Waals surface area contributed by atoms with Crippen LogP contribution in [0.3, 0.4) is 0 Å². The average Bonchev–Trinajstić information content (AvgIpc) is 3.54. The molecular weight excluding hydrogens is 658 g/mol. The van der Waals surface area contributed by atoms with Gasteiger partial charge in [0.1, 0.15) is 5.82 Å². The van der Waals surface area contributed by atoms with Gasteiger partial charge in [-0.3, -0.25) is 9.59 Å².